The van der Waals surface area contributed by atoms with E-state index in [1.54, 1.807) is 19.2 Å². The van der Waals surface area contributed by atoms with Gasteiger partial charge in [-0.15, -0.1) is 0 Å². The lowest BCUT2D eigenvalue weighted by Crippen LogP contribution is -2.43. The van der Waals surface area contributed by atoms with Crippen molar-refractivity contribution in [3.63, 3.8) is 0 Å². The first kappa shape index (κ1) is 20.2. The summed E-state index contributed by atoms with van der Waals surface area (Å²) >= 11 is 0. The molecule has 31 heavy (non-hydrogen) atoms. The Balaban J connectivity index is 1.65. The first-order chi connectivity index (χ1) is 14.9. The highest BCUT2D eigenvalue weighted by molar-refractivity contribution is 6.41. The molecule has 6 heteroatoms. The van der Waals surface area contributed by atoms with Crippen LogP contribution in [0.4, 0.5) is 4.39 Å². The van der Waals surface area contributed by atoms with E-state index in [2.05, 4.69) is 12.1 Å². The molecule has 0 radical (unpaired) electrons. The zero-order valence-corrected chi connectivity index (χ0v) is 18.2. The summed E-state index contributed by atoms with van der Waals surface area (Å²) in [5, 5.41) is 0. The van der Waals surface area contributed by atoms with E-state index >= 15 is 4.39 Å². The number of methoxy groups -OCH3 is 2. The second-order valence-electron chi connectivity index (χ2n) is 8.95. The van der Waals surface area contributed by atoms with Crippen molar-refractivity contribution in [2.75, 3.05) is 14.2 Å². The molecule has 0 aromatic heterocycles. The van der Waals surface area contributed by atoms with Crippen LogP contribution in [0.2, 0.25) is 0 Å². The van der Waals surface area contributed by atoms with E-state index in [1.165, 1.54) is 12.7 Å². The summed E-state index contributed by atoms with van der Waals surface area (Å²) in [6.45, 7) is 1.92. The van der Waals surface area contributed by atoms with E-state index in [0.29, 0.717) is 11.4 Å². The van der Waals surface area contributed by atoms with Crippen molar-refractivity contribution >= 4 is 11.5 Å². The maximum Gasteiger partial charge on any atom is 0.184 e. The first-order valence-corrected chi connectivity index (χ1v) is 10.8. The van der Waals surface area contributed by atoms with Gasteiger partial charge >= 0.3 is 0 Å². The SMILES string of the molecule is COc1cccc(-c2ccc3c(c2)[C@@]2(N=C(C)C(N)=N2)C2(CCC(OC)CC2)C3)c1F. The van der Waals surface area contributed by atoms with Gasteiger partial charge in [0.2, 0.25) is 0 Å². The summed E-state index contributed by atoms with van der Waals surface area (Å²) in [6.07, 6.45) is 5.07. The molecule has 5 rings (SSSR count). The number of hydrogen-bond donors (Lipinski definition) is 1. The molecular formula is C25H28FN3O2. The molecule has 1 saturated carbocycles. The zero-order valence-electron chi connectivity index (χ0n) is 18.2. The largest absolute Gasteiger partial charge is 0.494 e. The van der Waals surface area contributed by atoms with Crippen LogP contribution in [-0.2, 0) is 16.8 Å². The predicted octanol–water partition coefficient (Wildman–Crippen LogP) is 4.62. The number of nitrogens with zero attached hydrogens (tertiary/aromatic N) is 2. The maximum atomic E-state index is 15.0. The summed E-state index contributed by atoms with van der Waals surface area (Å²) in [5.74, 6) is 0.375. The quantitative estimate of drug-likeness (QED) is 0.786. The molecule has 162 valence electrons. The lowest BCUT2D eigenvalue weighted by molar-refractivity contribution is -0.000372. The predicted molar refractivity (Wildman–Crippen MR) is 120 cm³/mol. The molecule has 2 spiro atoms. The summed E-state index contributed by atoms with van der Waals surface area (Å²) in [7, 11) is 3.26. The van der Waals surface area contributed by atoms with Crippen molar-refractivity contribution in [2.24, 2.45) is 21.1 Å². The van der Waals surface area contributed by atoms with Gasteiger partial charge < -0.3 is 15.2 Å². The zero-order chi connectivity index (χ0) is 21.8. The standard InChI is InChI=1S/C25H28FN3O2/c1-15-23(27)29-25(28-15)20-13-16(19-5-4-6-21(31-3)22(19)26)7-8-17(20)14-24(25)11-9-18(30-2)10-12-24/h4-8,13,18H,9-12,14H2,1-3H3,(H2,27,29)/t18?,24?,25-/m0/s1. The number of fused-ring (bicyclic) bond motifs is 3. The van der Waals surface area contributed by atoms with E-state index in [-0.39, 0.29) is 23.1 Å². The number of hydrogen-bond acceptors (Lipinski definition) is 5. The van der Waals surface area contributed by atoms with Crippen LogP contribution in [0.3, 0.4) is 0 Å². The summed E-state index contributed by atoms with van der Waals surface area (Å²) in [6, 6.07) is 11.4. The molecule has 5 nitrogen and oxygen atoms in total. The molecule has 1 atom stereocenters. The number of nitrogens with two attached hydrogens (primary N) is 1. The molecule has 2 aromatic carbocycles. The number of amidine groups is 1. The minimum absolute atomic E-state index is 0.127. The third-order valence-corrected chi connectivity index (χ3v) is 7.45. The van der Waals surface area contributed by atoms with E-state index in [9.17, 15) is 0 Å². The van der Waals surface area contributed by atoms with Gasteiger partial charge in [0, 0.05) is 23.7 Å². The molecule has 2 aliphatic carbocycles. The van der Waals surface area contributed by atoms with Gasteiger partial charge in [-0.2, -0.15) is 0 Å². The molecule has 1 aliphatic heterocycles. The molecule has 1 fully saturated rings. The molecule has 0 amide bonds. The van der Waals surface area contributed by atoms with E-state index < -0.39 is 5.66 Å². The summed E-state index contributed by atoms with van der Waals surface area (Å²) in [5.41, 5.74) is 9.75. The van der Waals surface area contributed by atoms with E-state index in [1.807, 2.05) is 19.1 Å². The Morgan fingerprint density at radius 3 is 2.52 bits per heavy atom. The maximum absolute atomic E-state index is 15.0. The van der Waals surface area contributed by atoms with Crippen LogP contribution in [0.15, 0.2) is 46.4 Å². The van der Waals surface area contributed by atoms with E-state index in [4.69, 9.17) is 25.2 Å². The van der Waals surface area contributed by atoms with Crippen molar-refractivity contribution in [2.45, 2.75) is 50.8 Å². The summed E-state index contributed by atoms with van der Waals surface area (Å²) < 4.78 is 25.8. The average Bonchev–Trinajstić information content (AvgIpc) is 3.22. The van der Waals surface area contributed by atoms with Crippen LogP contribution < -0.4 is 10.5 Å². The number of benzene rings is 2. The minimum atomic E-state index is -0.736. The van der Waals surface area contributed by atoms with Gasteiger partial charge in [0.1, 0.15) is 5.84 Å². The average molecular weight is 422 g/mol. The molecule has 1 heterocycles. The van der Waals surface area contributed by atoms with Gasteiger partial charge in [0.25, 0.3) is 0 Å². The molecule has 2 aromatic rings. The number of halogens is 1. The topological polar surface area (TPSA) is 69.2 Å². The fraction of sp³-hybridized carbons (Fsp3) is 0.440. The Bertz CT molecular complexity index is 1080. The van der Waals surface area contributed by atoms with Crippen LogP contribution in [0.5, 0.6) is 5.75 Å². The smallest absolute Gasteiger partial charge is 0.184 e. The van der Waals surface area contributed by atoms with Crippen molar-refractivity contribution < 1.29 is 13.9 Å². The Morgan fingerprint density at radius 1 is 1.10 bits per heavy atom. The first-order valence-electron chi connectivity index (χ1n) is 10.8. The number of rotatable bonds is 3. The Labute approximate surface area is 182 Å². The molecule has 0 unspecified atom stereocenters. The highest BCUT2D eigenvalue weighted by Crippen LogP contribution is 2.62. The van der Waals surface area contributed by atoms with Gasteiger partial charge in [-0.05, 0) is 62.3 Å². The normalized spacial score (nSPS) is 29.2. The Hall–Kier alpha value is -2.73. The molecular weight excluding hydrogens is 393 g/mol. The fourth-order valence-electron chi connectivity index (χ4n) is 5.73. The lowest BCUT2D eigenvalue weighted by atomic mass is 9.65. The van der Waals surface area contributed by atoms with Crippen molar-refractivity contribution in [3.05, 3.63) is 53.3 Å². The van der Waals surface area contributed by atoms with Gasteiger partial charge in [0.15, 0.2) is 17.2 Å². The van der Waals surface area contributed by atoms with Gasteiger partial charge in [0.05, 0.1) is 18.9 Å². The monoisotopic (exact) mass is 421 g/mol. The summed E-state index contributed by atoms with van der Waals surface area (Å²) in [4.78, 5) is 10.1. The third-order valence-electron chi connectivity index (χ3n) is 7.45. The van der Waals surface area contributed by atoms with Crippen molar-refractivity contribution in [1.29, 1.82) is 0 Å². The van der Waals surface area contributed by atoms with Crippen molar-refractivity contribution in [1.82, 2.24) is 0 Å². The highest BCUT2D eigenvalue weighted by atomic mass is 19.1. The Kier molecular flexibility index (Phi) is 4.66. The van der Waals surface area contributed by atoms with Crippen molar-refractivity contribution in [3.8, 4) is 16.9 Å². The van der Waals surface area contributed by atoms with Crippen LogP contribution in [0, 0.1) is 11.2 Å². The minimum Gasteiger partial charge on any atom is -0.494 e. The number of aliphatic imine (C=N–C) groups is 2. The van der Waals surface area contributed by atoms with Gasteiger partial charge in [-0.3, -0.25) is 4.99 Å². The van der Waals surface area contributed by atoms with Crippen LogP contribution >= 0.6 is 0 Å². The second-order valence-corrected chi connectivity index (χ2v) is 8.95. The lowest BCUT2D eigenvalue weighted by Gasteiger charge is -2.44. The van der Waals surface area contributed by atoms with Gasteiger partial charge in [-0.25, -0.2) is 9.38 Å². The van der Waals surface area contributed by atoms with Crippen LogP contribution in [0.1, 0.15) is 43.7 Å². The fourth-order valence-corrected chi connectivity index (χ4v) is 5.73. The van der Waals surface area contributed by atoms with Crippen LogP contribution in [0.25, 0.3) is 11.1 Å². The molecule has 0 saturated heterocycles. The molecule has 2 N–H and O–H groups in total. The third kappa shape index (κ3) is 2.84. The second kappa shape index (κ2) is 7.16. The number of ether oxygens (including phenoxy) is 2. The molecule has 3 aliphatic rings. The van der Waals surface area contributed by atoms with E-state index in [0.717, 1.165) is 48.9 Å². The van der Waals surface area contributed by atoms with Crippen LogP contribution in [-0.4, -0.2) is 31.9 Å². The molecule has 0 bridgehead atoms. The highest BCUT2D eigenvalue weighted by Gasteiger charge is 2.60. The van der Waals surface area contributed by atoms with Gasteiger partial charge in [-0.1, -0.05) is 24.3 Å². The Morgan fingerprint density at radius 2 is 1.87 bits per heavy atom.